The van der Waals surface area contributed by atoms with E-state index >= 15 is 0 Å². The fourth-order valence-electron chi connectivity index (χ4n) is 3.99. The summed E-state index contributed by atoms with van der Waals surface area (Å²) in [6, 6.07) is 2.06. The molecular weight excluding hydrogens is 338 g/mol. The molecule has 0 aliphatic carbocycles. The van der Waals surface area contributed by atoms with Crippen molar-refractivity contribution in [3.63, 3.8) is 0 Å². The third-order valence-corrected chi connectivity index (χ3v) is 5.92. The van der Waals surface area contributed by atoms with Crippen LogP contribution in [0.1, 0.15) is 19.3 Å². The lowest BCUT2D eigenvalue weighted by Gasteiger charge is -2.29. The Balaban J connectivity index is 1.39. The van der Waals surface area contributed by atoms with E-state index in [9.17, 15) is 4.79 Å². The van der Waals surface area contributed by atoms with Gasteiger partial charge in [0.15, 0.2) is 5.16 Å². The average Bonchev–Trinajstić information content (AvgIpc) is 3.18. The first kappa shape index (κ1) is 16.9. The van der Waals surface area contributed by atoms with Gasteiger partial charge in [-0.1, -0.05) is 18.2 Å². The summed E-state index contributed by atoms with van der Waals surface area (Å²) in [7, 11) is 0. The summed E-state index contributed by atoms with van der Waals surface area (Å²) in [6.45, 7) is 5.50. The van der Waals surface area contributed by atoms with Gasteiger partial charge in [-0.3, -0.25) is 4.90 Å². The lowest BCUT2D eigenvalue weighted by Crippen LogP contribution is -2.43. The van der Waals surface area contributed by atoms with Crippen LogP contribution in [0.3, 0.4) is 0 Å². The molecule has 0 N–H and O–H groups in total. The van der Waals surface area contributed by atoms with E-state index in [0.717, 1.165) is 43.7 Å². The van der Waals surface area contributed by atoms with E-state index in [4.69, 9.17) is 4.74 Å². The monoisotopic (exact) mass is 363 g/mol. The predicted molar refractivity (Wildman–Crippen MR) is 97.1 cm³/mol. The number of hydrogen-bond donors (Lipinski definition) is 0. The number of carbonyl (C=O) groups excluding carboxylic acids is 1. The highest BCUT2D eigenvalue weighted by atomic mass is 32.2. The Morgan fingerprint density at radius 1 is 1.24 bits per heavy atom. The van der Waals surface area contributed by atoms with Gasteiger partial charge in [0, 0.05) is 25.8 Å². The van der Waals surface area contributed by atoms with Crippen molar-refractivity contribution in [2.24, 2.45) is 0 Å². The van der Waals surface area contributed by atoms with Gasteiger partial charge in [0.1, 0.15) is 11.9 Å². The maximum atomic E-state index is 12.2. The zero-order valence-corrected chi connectivity index (χ0v) is 15.5. The molecule has 0 radical (unpaired) electrons. The number of carbonyl (C=O) groups is 1. The van der Waals surface area contributed by atoms with Crippen molar-refractivity contribution in [3.05, 3.63) is 12.3 Å². The molecule has 0 bridgehead atoms. The second-order valence-corrected chi connectivity index (χ2v) is 7.67. The highest BCUT2D eigenvalue weighted by molar-refractivity contribution is 7.98. The Kier molecular flexibility index (Phi) is 4.98. The zero-order valence-electron chi connectivity index (χ0n) is 14.6. The molecule has 3 saturated heterocycles. The molecule has 136 valence electrons. The highest BCUT2D eigenvalue weighted by Gasteiger charge is 2.47. The molecular formula is C17H25N5O2S. The molecule has 3 aliphatic rings. The van der Waals surface area contributed by atoms with Gasteiger partial charge in [-0.15, -0.1) is 0 Å². The standard InChI is InChI=1S/C17H25N5O2S/c1-25-16-18-6-5-15(19-16)21-11-13-14(12-21)24-17(23)22(13)10-9-20-7-3-2-4-8-20/h5-6,13-14H,2-4,7-12H2,1H3/t13-,14+/m0/s1. The molecule has 1 aromatic heterocycles. The largest absolute Gasteiger partial charge is 0.442 e. The quantitative estimate of drug-likeness (QED) is 0.583. The molecule has 0 spiro atoms. The molecule has 0 aromatic carbocycles. The molecule has 1 amide bonds. The van der Waals surface area contributed by atoms with Crippen molar-refractivity contribution in [3.8, 4) is 0 Å². The van der Waals surface area contributed by atoms with Crippen LogP contribution in [-0.2, 0) is 4.74 Å². The third kappa shape index (κ3) is 3.55. The number of aromatic nitrogens is 2. The third-order valence-electron chi connectivity index (χ3n) is 5.36. The van der Waals surface area contributed by atoms with Crippen LogP contribution in [0.15, 0.2) is 17.4 Å². The molecule has 2 atom stereocenters. The summed E-state index contributed by atoms with van der Waals surface area (Å²) in [5.74, 6) is 0.917. The van der Waals surface area contributed by atoms with Crippen molar-refractivity contribution in [2.75, 3.05) is 50.4 Å². The second kappa shape index (κ2) is 7.37. The maximum Gasteiger partial charge on any atom is 0.410 e. The van der Waals surface area contributed by atoms with Crippen molar-refractivity contribution >= 4 is 23.7 Å². The van der Waals surface area contributed by atoms with Gasteiger partial charge in [-0.2, -0.15) is 0 Å². The molecule has 0 saturated carbocycles. The van der Waals surface area contributed by atoms with Gasteiger partial charge >= 0.3 is 6.09 Å². The number of ether oxygens (including phenoxy) is 1. The SMILES string of the molecule is CSc1nccc(N2C[C@H]3OC(=O)N(CCN4CCCCC4)[C@H]3C2)n1. The van der Waals surface area contributed by atoms with Crippen LogP contribution < -0.4 is 4.90 Å². The van der Waals surface area contributed by atoms with E-state index in [1.54, 1.807) is 6.20 Å². The number of hydrogen-bond acceptors (Lipinski definition) is 7. The second-order valence-electron chi connectivity index (χ2n) is 6.89. The fraction of sp³-hybridized carbons (Fsp3) is 0.706. The summed E-state index contributed by atoms with van der Waals surface area (Å²) in [5, 5.41) is 0.772. The molecule has 4 heterocycles. The molecule has 8 heteroatoms. The number of likely N-dealkylation sites (tertiary alicyclic amines) is 1. The average molecular weight is 363 g/mol. The van der Waals surface area contributed by atoms with Crippen molar-refractivity contribution in [2.45, 2.75) is 36.6 Å². The minimum Gasteiger partial charge on any atom is -0.442 e. The van der Waals surface area contributed by atoms with Gasteiger partial charge in [0.05, 0.1) is 12.6 Å². The van der Waals surface area contributed by atoms with E-state index in [-0.39, 0.29) is 18.2 Å². The number of nitrogens with zero attached hydrogens (tertiary/aromatic N) is 5. The minimum atomic E-state index is -0.154. The van der Waals surface area contributed by atoms with E-state index in [1.807, 2.05) is 17.2 Å². The van der Waals surface area contributed by atoms with Crippen LogP contribution in [0.5, 0.6) is 0 Å². The fourth-order valence-corrected chi connectivity index (χ4v) is 4.34. The molecule has 7 nitrogen and oxygen atoms in total. The molecule has 3 aliphatic heterocycles. The van der Waals surface area contributed by atoms with E-state index in [2.05, 4.69) is 19.8 Å². The Labute approximate surface area is 152 Å². The van der Waals surface area contributed by atoms with Gasteiger partial charge in [-0.25, -0.2) is 14.8 Å². The van der Waals surface area contributed by atoms with Crippen LogP contribution in [0.4, 0.5) is 10.6 Å². The van der Waals surface area contributed by atoms with Crippen LogP contribution in [-0.4, -0.2) is 83.5 Å². The Bertz CT molecular complexity index is 625. The lowest BCUT2D eigenvalue weighted by molar-refractivity contribution is 0.132. The van der Waals surface area contributed by atoms with Gasteiger partial charge in [0.25, 0.3) is 0 Å². The summed E-state index contributed by atoms with van der Waals surface area (Å²) < 4.78 is 5.62. The number of amides is 1. The Hall–Kier alpha value is -1.54. The summed E-state index contributed by atoms with van der Waals surface area (Å²) >= 11 is 1.54. The Morgan fingerprint density at radius 2 is 2.08 bits per heavy atom. The number of piperidine rings is 1. The predicted octanol–water partition coefficient (Wildman–Crippen LogP) is 1.69. The first-order valence-corrected chi connectivity index (χ1v) is 10.3. The summed E-state index contributed by atoms with van der Waals surface area (Å²) in [6.07, 6.45) is 7.44. The van der Waals surface area contributed by atoms with Crippen LogP contribution in [0.25, 0.3) is 0 Å². The van der Waals surface area contributed by atoms with E-state index in [0.29, 0.717) is 6.54 Å². The molecule has 3 fully saturated rings. The smallest absolute Gasteiger partial charge is 0.410 e. The highest BCUT2D eigenvalue weighted by Crippen LogP contribution is 2.30. The van der Waals surface area contributed by atoms with Crippen molar-refractivity contribution < 1.29 is 9.53 Å². The summed E-state index contributed by atoms with van der Waals surface area (Å²) in [5.41, 5.74) is 0. The lowest BCUT2D eigenvalue weighted by atomic mass is 10.1. The minimum absolute atomic E-state index is 0.0541. The topological polar surface area (TPSA) is 61.8 Å². The molecule has 25 heavy (non-hydrogen) atoms. The molecule has 0 unspecified atom stereocenters. The number of fused-ring (bicyclic) bond motifs is 1. The Morgan fingerprint density at radius 3 is 2.88 bits per heavy atom. The zero-order chi connectivity index (χ0) is 17.2. The number of thioether (sulfide) groups is 1. The number of anilines is 1. The molecule has 1 aromatic rings. The number of rotatable bonds is 5. The normalized spacial score (nSPS) is 26.8. The first-order chi connectivity index (χ1) is 12.2. The first-order valence-electron chi connectivity index (χ1n) is 9.06. The van der Waals surface area contributed by atoms with Crippen LogP contribution in [0, 0.1) is 0 Å². The maximum absolute atomic E-state index is 12.2. The molecule has 4 rings (SSSR count). The van der Waals surface area contributed by atoms with Crippen molar-refractivity contribution in [1.82, 2.24) is 19.8 Å². The van der Waals surface area contributed by atoms with E-state index in [1.165, 1.54) is 31.0 Å². The van der Waals surface area contributed by atoms with Crippen LogP contribution in [0.2, 0.25) is 0 Å². The van der Waals surface area contributed by atoms with Crippen molar-refractivity contribution in [1.29, 1.82) is 0 Å². The van der Waals surface area contributed by atoms with Crippen LogP contribution >= 0.6 is 11.8 Å². The van der Waals surface area contributed by atoms with Gasteiger partial charge in [-0.05, 0) is 38.3 Å². The van der Waals surface area contributed by atoms with Gasteiger partial charge < -0.3 is 14.5 Å². The van der Waals surface area contributed by atoms with E-state index < -0.39 is 0 Å². The van der Waals surface area contributed by atoms with Gasteiger partial charge in [0.2, 0.25) is 0 Å². The summed E-state index contributed by atoms with van der Waals surface area (Å²) in [4.78, 5) is 27.6.